The summed E-state index contributed by atoms with van der Waals surface area (Å²) in [5.41, 5.74) is 2.26. The van der Waals surface area contributed by atoms with E-state index in [0.29, 0.717) is 5.56 Å². The first kappa shape index (κ1) is 17.0. The first-order valence-corrected chi connectivity index (χ1v) is 9.15. The molecule has 0 saturated carbocycles. The third-order valence-electron chi connectivity index (χ3n) is 5.24. The van der Waals surface area contributed by atoms with Crippen LogP contribution in [0.1, 0.15) is 16.7 Å². The summed E-state index contributed by atoms with van der Waals surface area (Å²) in [6.07, 6.45) is 0. The van der Waals surface area contributed by atoms with Crippen molar-refractivity contribution in [2.45, 2.75) is 5.54 Å². The van der Waals surface area contributed by atoms with E-state index in [1.165, 1.54) is 0 Å². The standard InChI is InChI=1S/C23H23FN2/c24-22-14-8-7-13-21(22)23(19-9-3-1-4-10-19,20-11-5-2-6-12-20)26-17-15-25-16-18-26/h1-14,25H,15-18H2. The largest absolute Gasteiger partial charge is 0.314 e. The number of hydrogen-bond acceptors (Lipinski definition) is 2. The third-order valence-corrected chi connectivity index (χ3v) is 5.24. The first-order valence-electron chi connectivity index (χ1n) is 9.15. The fourth-order valence-corrected chi connectivity index (χ4v) is 4.13. The number of benzene rings is 3. The monoisotopic (exact) mass is 346 g/mol. The lowest BCUT2D eigenvalue weighted by Gasteiger charge is -2.47. The lowest BCUT2D eigenvalue weighted by Crippen LogP contribution is -2.55. The van der Waals surface area contributed by atoms with Crippen LogP contribution in [-0.2, 0) is 5.54 Å². The fraction of sp³-hybridized carbons (Fsp3) is 0.217. The summed E-state index contributed by atoms with van der Waals surface area (Å²) in [6.45, 7) is 3.52. The van der Waals surface area contributed by atoms with Crippen molar-refractivity contribution >= 4 is 0 Å². The van der Waals surface area contributed by atoms with Crippen molar-refractivity contribution in [3.05, 3.63) is 107 Å². The Hall–Kier alpha value is -2.49. The number of rotatable bonds is 4. The molecule has 1 heterocycles. The second-order valence-electron chi connectivity index (χ2n) is 6.66. The molecular formula is C23H23FN2. The van der Waals surface area contributed by atoms with Crippen molar-refractivity contribution in [2.75, 3.05) is 26.2 Å². The van der Waals surface area contributed by atoms with Crippen molar-refractivity contribution in [3.8, 4) is 0 Å². The van der Waals surface area contributed by atoms with Gasteiger partial charge in [0.05, 0.1) is 0 Å². The molecule has 0 unspecified atom stereocenters. The molecule has 0 aliphatic carbocycles. The molecule has 0 bridgehead atoms. The van der Waals surface area contributed by atoms with Gasteiger partial charge in [0.15, 0.2) is 0 Å². The Morgan fingerprint density at radius 3 is 1.73 bits per heavy atom. The SMILES string of the molecule is Fc1ccccc1C(c1ccccc1)(c1ccccc1)N1CCNCC1. The van der Waals surface area contributed by atoms with Crippen LogP contribution in [0, 0.1) is 5.82 Å². The van der Waals surface area contributed by atoms with Crippen LogP contribution >= 0.6 is 0 Å². The zero-order valence-corrected chi connectivity index (χ0v) is 14.7. The van der Waals surface area contributed by atoms with Gasteiger partial charge in [-0.05, 0) is 17.2 Å². The van der Waals surface area contributed by atoms with Crippen LogP contribution in [0.4, 0.5) is 4.39 Å². The molecule has 4 rings (SSSR count). The van der Waals surface area contributed by atoms with E-state index in [1.807, 2.05) is 48.5 Å². The summed E-state index contributed by atoms with van der Waals surface area (Å²) in [4.78, 5) is 2.41. The first-order chi connectivity index (χ1) is 12.8. The molecule has 132 valence electrons. The van der Waals surface area contributed by atoms with Crippen LogP contribution in [0.25, 0.3) is 0 Å². The third kappa shape index (κ3) is 2.83. The van der Waals surface area contributed by atoms with E-state index in [0.717, 1.165) is 37.3 Å². The average Bonchev–Trinajstić information content (AvgIpc) is 2.72. The highest BCUT2D eigenvalue weighted by Crippen LogP contribution is 2.43. The highest BCUT2D eigenvalue weighted by molar-refractivity contribution is 5.50. The van der Waals surface area contributed by atoms with Crippen LogP contribution in [0.15, 0.2) is 84.9 Å². The molecule has 1 aliphatic rings. The predicted octanol–water partition coefficient (Wildman–Crippen LogP) is 4.02. The molecule has 3 aromatic carbocycles. The smallest absolute Gasteiger partial charge is 0.128 e. The lowest BCUT2D eigenvalue weighted by molar-refractivity contribution is 0.133. The molecule has 2 nitrogen and oxygen atoms in total. The Labute approximate surface area is 154 Å². The molecule has 0 radical (unpaired) electrons. The van der Waals surface area contributed by atoms with E-state index in [-0.39, 0.29) is 5.82 Å². The van der Waals surface area contributed by atoms with E-state index in [1.54, 1.807) is 12.1 Å². The molecule has 3 heteroatoms. The Morgan fingerprint density at radius 1 is 0.692 bits per heavy atom. The summed E-state index contributed by atoms with van der Waals surface area (Å²) >= 11 is 0. The highest BCUT2D eigenvalue weighted by Gasteiger charge is 2.43. The van der Waals surface area contributed by atoms with Crippen molar-refractivity contribution in [3.63, 3.8) is 0 Å². The topological polar surface area (TPSA) is 15.3 Å². The summed E-state index contributed by atoms with van der Waals surface area (Å²) in [5, 5.41) is 3.42. The molecule has 0 amide bonds. The van der Waals surface area contributed by atoms with E-state index in [4.69, 9.17) is 0 Å². The molecule has 1 saturated heterocycles. The van der Waals surface area contributed by atoms with Gasteiger partial charge in [-0.2, -0.15) is 0 Å². The van der Waals surface area contributed by atoms with Crippen LogP contribution < -0.4 is 5.32 Å². The Balaban J connectivity index is 2.05. The second-order valence-corrected chi connectivity index (χ2v) is 6.66. The number of nitrogens with zero attached hydrogens (tertiary/aromatic N) is 1. The number of halogens is 1. The van der Waals surface area contributed by atoms with Crippen molar-refractivity contribution in [2.24, 2.45) is 0 Å². The van der Waals surface area contributed by atoms with Gasteiger partial charge in [-0.25, -0.2) is 4.39 Å². The molecule has 3 aromatic rings. The van der Waals surface area contributed by atoms with Crippen LogP contribution in [0.2, 0.25) is 0 Å². The molecular weight excluding hydrogens is 323 g/mol. The summed E-state index contributed by atoms with van der Waals surface area (Å²) in [5.74, 6) is -0.168. The minimum Gasteiger partial charge on any atom is -0.314 e. The number of hydrogen-bond donors (Lipinski definition) is 1. The zero-order chi connectivity index (χ0) is 17.8. The van der Waals surface area contributed by atoms with Crippen molar-refractivity contribution in [1.82, 2.24) is 10.2 Å². The van der Waals surface area contributed by atoms with E-state index < -0.39 is 5.54 Å². The van der Waals surface area contributed by atoms with E-state index in [2.05, 4.69) is 34.5 Å². The van der Waals surface area contributed by atoms with Gasteiger partial charge in [-0.3, -0.25) is 4.90 Å². The normalized spacial score (nSPS) is 15.7. The van der Waals surface area contributed by atoms with Crippen LogP contribution in [-0.4, -0.2) is 31.1 Å². The maximum atomic E-state index is 15.2. The van der Waals surface area contributed by atoms with Crippen molar-refractivity contribution in [1.29, 1.82) is 0 Å². The van der Waals surface area contributed by atoms with Gasteiger partial charge in [0.25, 0.3) is 0 Å². The van der Waals surface area contributed by atoms with Crippen LogP contribution in [0.3, 0.4) is 0 Å². The maximum absolute atomic E-state index is 15.2. The minimum absolute atomic E-state index is 0.168. The van der Waals surface area contributed by atoms with E-state index >= 15 is 4.39 Å². The quantitative estimate of drug-likeness (QED) is 0.718. The zero-order valence-electron chi connectivity index (χ0n) is 14.7. The van der Waals surface area contributed by atoms with Crippen molar-refractivity contribution < 1.29 is 4.39 Å². The van der Waals surface area contributed by atoms with Gasteiger partial charge in [0.2, 0.25) is 0 Å². The Bertz CT molecular complexity index is 803. The molecule has 1 aliphatic heterocycles. The number of nitrogens with one attached hydrogen (secondary N) is 1. The molecule has 0 atom stereocenters. The highest BCUT2D eigenvalue weighted by atomic mass is 19.1. The molecule has 1 N–H and O–H groups in total. The molecule has 0 aromatic heterocycles. The molecule has 1 fully saturated rings. The average molecular weight is 346 g/mol. The minimum atomic E-state index is -0.643. The summed E-state index contributed by atoms with van der Waals surface area (Å²) in [7, 11) is 0. The van der Waals surface area contributed by atoms with E-state index in [9.17, 15) is 0 Å². The van der Waals surface area contributed by atoms with Gasteiger partial charge >= 0.3 is 0 Å². The Morgan fingerprint density at radius 2 is 1.19 bits per heavy atom. The number of piperazine rings is 1. The van der Waals surface area contributed by atoms with Gasteiger partial charge in [-0.1, -0.05) is 78.9 Å². The summed E-state index contributed by atoms with van der Waals surface area (Å²) < 4.78 is 15.2. The van der Waals surface area contributed by atoms with Crippen LogP contribution in [0.5, 0.6) is 0 Å². The maximum Gasteiger partial charge on any atom is 0.128 e. The lowest BCUT2D eigenvalue weighted by atomic mass is 9.75. The fourth-order valence-electron chi connectivity index (χ4n) is 4.13. The van der Waals surface area contributed by atoms with Gasteiger partial charge in [0.1, 0.15) is 11.4 Å². The second kappa shape index (κ2) is 7.40. The van der Waals surface area contributed by atoms with Gasteiger partial charge in [0, 0.05) is 31.7 Å². The summed E-state index contributed by atoms with van der Waals surface area (Å²) in [6, 6.07) is 27.8. The Kier molecular flexibility index (Phi) is 4.83. The van der Waals surface area contributed by atoms with Gasteiger partial charge < -0.3 is 5.32 Å². The predicted molar refractivity (Wildman–Crippen MR) is 104 cm³/mol. The van der Waals surface area contributed by atoms with Gasteiger partial charge in [-0.15, -0.1) is 0 Å². The molecule has 26 heavy (non-hydrogen) atoms. The molecule has 0 spiro atoms.